The van der Waals surface area contributed by atoms with E-state index in [9.17, 15) is 0 Å². The molecule has 8 rings (SSSR count). The van der Waals surface area contributed by atoms with Crippen LogP contribution in [0.15, 0.2) is 150 Å². The fraction of sp³-hybridized carbons (Fsp3) is 0. The molecule has 44 heavy (non-hydrogen) atoms. The van der Waals surface area contributed by atoms with Crippen molar-refractivity contribution < 1.29 is 4.42 Å². The largest absolute Gasteiger partial charge is 0.454 e. The standard InChI is InChI=1S/C39H24ClN3O/c40-34-13-7-12-32-33-24-31(22-23-35(33)44-36(32)34)39-42-37(29-18-14-27(15-19-29)25-8-3-1-4-9-25)41-38(43-39)30-20-16-28(17-21-30)26-10-5-2-6-11-26/h1-24H. The van der Waals surface area contributed by atoms with Gasteiger partial charge >= 0.3 is 0 Å². The lowest BCUT2D eigenvalue weighted by Gasteiger charge is -2.10. The fourth-order valence-corrected chi connectivity index (χ4v) is 5.76. The highest BCUT2D eigenvalue weighted by molar-refractivity contribution is 6.35. The van der Waals surface area contributed by atoms with Gasteiger partial charge in [0, 0.05) is 27.5 Å². The van der Waals surface area contributed by atoms with Gasteiger partial charge in [0.2, 0.25) is 0 Å². The molecule has 6 aromatic carbocycles. The molecule has 0 N–H and O–H groups in total. The smallest absolute Gasteiger partial charge is 0.164 e. The number of furan rings is 1. The lowest BCUT2D eigenvalue weighted by molar-refractivity contribution is 0.669. The zero-order valence-electron chi connectivity index (χ0n) is 23.5. The van der Waals surface area contributed by atoms with Gasteiger partial charge in [-0.3, -0.25) is 0 Å². The van der Waals surface area contributed by atoms with Crippen molar-refractivity contribution in [3.63, 3.8) is 0 Å². The Balaban J connectivity index is 1.26. The van der Waals surface area contributed by atoms with Crippen LogP contribution >= 0.6 is 11.6 Å². The minimum atomic E-state index is 0.586. The normalized spacial score (nSPS) is 11.3. The Bertz CT molecular complexity index is 2160. The molecule has 2 heterocycles. The van der Waals surface area contributed by atoms with Crippen LogP contribution < -0.4 is 0 Å². The number of aromatic nitrogens is 3. The van der Waals surface area contributed by atoms with Crippen LogP contribution in [0.1, 0.15) is 0 Å². The van der Waals surface area contributed by atoms with Crippen LogP contribution in [0.3, 0.4) is 0 Å². The Hall–Kier alpha value is -5.58. The van der Waals surface area contributed by atoms with Crippen LogP contribution in [0.4, 0.5) is 0 Å². The van der Waals surface area contributed by atoms with E-state index in [-0.39, 0.29) is 0 Å². The monoisotopic (exact) mass is 585 g/mol. The highest BCUT2D eigenvalue weighted by Gasteiger charge is 2.16. The van der Waals surface area contributed by atoms with Gasteiger partial charge in [-0.05, 0) is 46.5 Å². The minimum Gasteiger partial charge on any atom is -0.454 e. The van der Waals surface area contributed by atoms with E-state index in [1.54, 1.807) is 0 Å². The van der Waals surface area contributed by atoms with Gasteiger partial charge in [0.15, 0.2) is 23.1 Å². The summed E-state index contributed by atoms with van der Waals surface area (Å²) in [6, 6.07) is 49.2. The highest BCUT2D eigenvalue weighted by Crippen LogP contribution is 2.36. The molecule has 5 heteroatoms. The van der Waals surface area contributed by atoms with Crippen molar-refractivity contribution in [1.82, 2.24) is 15.0 Å². The van der Waals surface area contributed by atoms with E-state index in [0.29, 0.717) is 28.1 Å². The number of nitrogens with zero attached hydrogens (tertiary/aromatic N) is 3. The second kappa shape index (κ2) is 10.9. The molecule has 208 valence electrons. The third-order valence-corrected chi connectivity index (χ3v) is 8.14. The Kier molecular flexibility index (Phi) is 6.47. The molecule has 0 radical (unpaired) electrons. The van der Waals surface area contributed by atoms with Gasteiger partial charge in [0.1, 0.15) is 5.58 Å². The number of para-hydroxylation sites is 1. The number of benzene rings is 6. The van der Waals surface area contributed by atoms with Crippen LogP contribution in [0.2, 0.25) is 5.02 Å². The van der Waals surface area contributed by atoms with Gasteiger partial charge in [-0.2, -0.15) is 0 Å². The molecule has 0 atom stereocenters. The third kappa shape index (κ3) is 4.81. The molecule has 8 aromatic rings. The molecular weight excluding hydrogens is 562 g/mol. The molecule has 0 fully saturated rings. The van der Waals surface area contributed by atoms with E-state index in [1.807, 2.05) is 66.7 Å². The zero-order chi connectivity index (χ0) is 29.5. The van der Waals surface area contributed by atoms with Crippen molar-refractivity contribution in [2.45, 2.75) is 0 Å². The van der Waals surface area contributed by atoms with Gasteiger partial charge in [0.25, 0.3) is 0 Å². The summed E-state index contributed by atoms with van der Waals surface area (Å²) in [6.07, 6.45) is 0. The van der Waals surface area contributed by atoms with Crippen LogP contribution in [-0.4, -0.2) is 15.0 Å². The summed E-state index contributed by atoms with van der Waals surface area (Å²) >= 11 is 6.44. The number of fused-ring (bicyclic) bond motifs is 3. The maximum absolute atomic E-state index is 6.44. The van der Waals surface area contributed by atoms with Gasteiger partial charge in [-0.1, -0.05) is 133 Å². The lowest BCUT2D eigenvalue weighted by Crippen LogP contribution is -2.00. The van der Waals surface area contributed by atoms with E-state index in [4.69, 9.17) is 31.0 Å². The molecule has 4 nitrogen and oxygen atoms in total. The third-order valence-electron chi connectivity index (χ3n) is 7.84. The molecule has 0 saturated heterocycles. The van der Waals surface area contributed by atoms with Gasteiger partial charge in [0.05, 0.1) is 5.02 Å². The molecular formula is C39H24ClN3O. The van der Waals surface area contributed by atoms with E-state index in [2.05, 4.69) is 78.9 Å². The first-order valence-corrected chi connectivity index (χ1v) is 14.8. The Morgan fingerprint density at radius 3 is 1.39 bits per heavy atom. The predicted molar refractivity (Wildman–Crippen MR) is 179 cm³/mol. The molecule has 0 bridgehead atoms. The summed E-state index contributed by atoms with van der Waals surface area (Å²) in [7, 11) is 0. The second-order valence-electron chi connectivity index (χ2n) is 10.6. The van der Waals surface area contributed by atoms with Crippen molar-refractivity contribution >= 4 is 33.5 Å². The first-order chi connectivity index (χ1) is 21.7. The van der Waals surface area contributed by atoms with Gasteiger partial charge in [-0.15, -0.1) is 0 Å². The highest BCUT2D eigenvalue weighted by atomic mass is 35.5. The van der Waals surface area contributed by atoms with Crippen LogP contribution in [0.25, 0.3) is 78.4 Å². The lowest BCUT2D eigenvalue weighted by atomic mass is 10.0. The summed E-state index contributed by atoms with van der Waals surface area (Å²) < 4.78 is 6.07. The molecule has 0 aliphatic carbocycles. The molecule has 0 aliphatic heterocycles. The number of rotatable bonds is 5. The van der Waals surface area contributed by atoms with Gasteiger partial charge < -0.3 is 4.42 Å². The van der Waals surface area contributed by atoms with E-state index in [0.717, 1.165) is 55.3 Å². The maximum Gasteiger partial charge on any atom is 0.164 e. The molecule has 0 amide bonds. The second-order valence-corrected chi connectivity index (χ2v) is 11.0. The number of hydrogen-bond acceptors (Lipinski definition) is 4. The van der Waals surface area contributed by atoms with Crippen LogP contribution in [0, 0.1) is 0 Å². The summed E-state index contributed by atoms with van der Waals surface area (Å²) in [5.41, 5.74) is 8.73. The first-order valence-electron chi connectivity index (χ1n) is 14.4. The maximum atomic E-state index is 6.44. The predicted octanol–water partition coefficient (Wildman–Crippen LogP) is 10.8. The number of halogens is 1. The summed E-state index contributed by atoms with van der Waals surface area (Å²) in [5.74, 6) is 1.80. The van der Waals surface area contributed by atoms with Crippen molar-refractivity contribution in [2.75, 3.05) is 0 Å². The average molecular weight is 586 g/mol. The Labute approximate surface area is 259 Å². The van der Waals surface area contributed by atoms with Crippen molar-refractivity contribution in [3.05, 3.63) is 151 Å². The van der Waals surface area contributed by atoms with Crippen molar-refractivity contribution in [1.29, 1.82) is 0 Å². The Morgan fingerprint density at radius 2 is 0.841 bits per heavy atom. The quantitative estimate of drug-likeness (QED) is 0.201. The average Bonchev–Trinajstić information content (AvgIpc) is 3.48. The topological polar surface area (TPSA) is 51.8 Å². The summed E-state index contributed by atoms with van der Waals surface area (Å²) in [5, 5.41) is 2.50. The summed E-state index contributed by atoms with van der Waals surface area (Å²) in [4.78, 5) is 14.9. The zero-order valence-corrected chi connectivity index (χ0v) is 24.2. The molecule has 2 aromatic heterocycles. The molecule has 0 saturated carbocycles. The van der Waals surface area contributed by atoms with E-state index < -0.39 is 0 Å². The fourth-order valence-electron chi connectivity index (χ4n) is 5.55. The van der Waals surface area contributed by atoms with Crippen LogP contribution in [-0.2, 0) is 0 Å². The van der Waals surface area contributed by atoms with Crippen molar-refractivity contribution in [2.24, 2.45) is 0 Å². The number of hydrogen-bond donors (Lipinski definition) is 0. The molecule has 0 aliphatic rings. The van der Waals surface area contributed by atoms with Crippen LogP contribution in [0.5, 0.6) is 0 Å². The van der Waals surface area contributed by atoms with Crippen molar-refractivity contribution in [3.8, 4) is 56.4 Å². The SMILES string of the molecule is Clc1cccc2c1oc1ccc(-c3nc(-c4ccc(-c5ccccc5)cc4)nc(-c4ccc(-c5ccccc5)cc4)n3)cc12. The molecule has 0 unspecified atom stereocenters. The minimum absolute atomic E-state index is 0.586. The van der Waals surface area contributed by atoms with E-state index >= 15 is 0 Å². The molecule has 0 spiro atoms. The van der Waals surface area contributed by atoms with Gasteiger partial charge in [-0.25, -0.2) is 15.0 Å². The Morgan fingerprint density at radius 1 is 0.386 bits per heavy atom. The summed E-state index contributed by atoms with van der Waals surface area (Å²) in [6.45, 7) is 0. The van der Waals surface area contributed by atoms with E-state index in [1.165, 1.54) is 0 Å². The first kappa shape index (κ1) is 26.1.